The fraction of sp³-hybridized carbons (Fsp3) is 0. The maximum Gasteiger partial charge on any atom is 0.157 e. The normalized spacial score (nSPS) is 10.9. The molecule has 2 nitrogen and oxygen atoms in total. The Bertz CT molecular complexity index is 633. The molecule has 2 heterocycles. The van der Waals surface area contributed by atoms with Gasteiger partial charge in [0.2, 0.25) is 0 Å². The molecule has 5 heteroatoms. The molecule has 0 atom stereocenters. The molecule has 0 saturated carbocycles. The van der Waals surface area contributed by atoms with E-state index in [1.54, 1.807) is 17.4 Å². The van der Waals surface area contributed by atoms with Gasteiger partial charge in [-0.25, -0.2) is 9.97 Å². The van der Waals surface area contributed by atoms with Crippen molar-refractivity contribution < 1.29 is 0 Å². The highest BCUT2D eigenvalue weighted by Crippen LogP contribution is 2.33. The van der Waals surface area contributed by atoms with Crippen LogP contribution in [0.25, 0.3) is 10.2 Å². The number of para-hydroxylation sites is 1. The largest absolute Gasteiger partial charge is 0.229 e. The molecule has 84 valence electrons. The van der Waals surface area contributed by atoms with E-state index in [4.69, 9.17) is 11.6 Å². The van der Waals surface area contributed by atoms with Crippen molar-refractivity contribution in [2.24, 2.45) is 0 Å². The van der Waals surface area contributed by atoms with Crippen molar-refractivity contribution in [2.45, 2.75) is 9.37 Å². The minimum absolute atomic E-state index is 0.510. The molecule has 0 fully saturated rings. The summed E-state index contributed by atoms with van der Waals surface area (Å²) in [7, 11) is 0. The first-order chi connectivity index (χ1) is 8.31. The Labute approximate surface area is 112 Å². The van der Waals surface area contributed by atoms with Crippen LogP contribution in [-0.2, 0) is 0 Å². The maximum absolute atomic E-state index is 5.85. The van der Waals surface area contributed by atoms with E-state index >= 15 is 0 Å². The highest BCUT2D eigenvalue weighted by molar-refractivity contribution is 8.01. The summed E-state index contributed by atoms with van der Waals surface area (Å²) in [5.41, 5.74) is 1.03. The molecule has 17 heavy (non-hydrogen) atoms. The van der Waals surface area contributed by atoms with Crippen molar-refractivity contribution >= 4 is 44.9 Å². The van der Waals surface area contributed by atoms with Crippen LogP contribution in [0, 0.1) is 0 Å². The first-order valence-electron chi connectivity index (χ1n) is 4.97. The van der Waals surface area contributed by atoms with Crippen molar-refractivity contribution in [2.75, 3.05) is 0 Å². The van der Waals surface area contributed by atoms with Gasteiger partial charge < -0.3 is 0 Å². The fourth-order valence-corrected chi connectivity index (χ4v) is 3.65. The maximum atomic E-state index is 5.85. The van der Waals surface area contributed by atoms with Crippen LogP contribution in [0.15, 0.2) is 51.8 Å². The third-order valence-electron chi connectivity index (χ3n) is 2.16. The molecule has 0 spiro atoms. The second kappa shape index (κ2) is 4.64. The summed E-state index contributed by atoms with van der Waals surface area (Å²) in [6.45, 7) is 0. The predicted molar refractivity (Wildman–Crippen MR) is 73.0 cm³/mol. The standard InChI is InChI=1S/C12H7ClN2S2/c13-10-6-3-7-11(15-10)17-12-14-8-4-1-2-5-9(8)16-12/h1-7H. The van der Waals surface area contributed by atoms with Gasteiger partial charge in [0.25, 0.3) is 0 Å². The van der Waals surface area contributed by atoms with Crippen molar-refractivity contribution in [1.82, 2.24) is 9.97 Å². The number of rotatable bonds is 2. The van der Waals surface area contributed by atoms with Gasteiger partial charge in [-0.05, 0) is 36.0 Å². The monoisotopic (exact) mass is 278 g/mol. The minimum atomic E-state index is 0.510. The molecule has 0 bridgehead atoms. The predicted octanol–water partition coefficient (Wildman–Crippen LogP) is 4.50. The highest BCUT2D eigenvalue weighted by atomic mass is 35.5. The number of fused-ring (bicyclic) bond motifs is 1. The topological polar surface area (TPSA) is 25.8 Å². The molecule has 3 rings (SSSR count). The van der Waals surface area contributed by atoms with E-state index in [1.807, 2.05) is 30.3 Å². The zero-order chi connectivity index (χ0) is 11.7. The molecule has 3 aromatic rings. The van der Waals surface area contributed by atoms with E-state index in [2.05, 4.69) is 16.0 Å². The Morgan fingerprint density at radius 2 is 1.88 bits per heavy atom. The van der Waals surface area contributed by atoms with Crippen LogP contribution in [0.2, 0.25) is 5.15 Å². The second-order valence-electron chi connectivity index (χ2n) is 3.35. The molecule has 0 saturated heterocycles. The second-order valence-corrected chi connectivity index (χ2v) is 6.03. The lowest BCUT2D eigenvalue weighted by Crippen LogP contribution is -1.78. The molecule has 0 radical (unpaired) electrons. The van der Waals surface area contributed by atoms with Crippen molar-refractivity contribution in [1.29, 1.82) is 0 Å². The van der Waals surface area contributed by atoms with Gasteiger partial charge in [-0.3, -0.25) is 0 Å². The number of hydrogen-bond acceptors (Lipinski definition) is 4. The number of benzene rings is 1. The Morgan fingerprint density at radius 3 is 2.71 bits per heavy atom. The van der Waals surface area contributed by atoms with Gasteiger partial charge in [-0.15, -0.1) is 11.3 Å². The lowest BCUT2D eigenvalue weighted by Gasteiger charge is -1.95. The van der Waals surface area contributed by atoms with E-state index in [0.29, 0.717) is 5.15 Å². The minimum Gasteiger partial charge on any atom is -0.229 e. The summed E-state index contributed by atoms with van der Waals surface area (Å²) in [5.74, 6) is 0. The summed E-state index contributed by atoms with van der Waals surface area (Å²) in [6.07, 6.45) is 0. The van der Waals surface area contributed by atoms with Crippen LogP contribution in [-0.4, -0.2) is 9.97 Å². The van der Waals surface area contributed by atoms with Gasteiger partial charge in [0.1, 0.15) is 10.2 Å². The third kappa shape index (κ3) is 2.44. The Morgan fingerprint density at radius 1 is 1.00 bits per heavy atom. The fourth-order valence-electron chi connectivity index (χ4n) is 1.43. The van der Waals surface area contributed by atoms with Crippen molar-refractivity contribution in [3.8, 4) is 0 Å². The summed E-state index contributed by atoms with van der Waals surface area (Å²) in [4.78, 5) is 8.77. The number of aromatic nitrogens is 2. The molecule has 2 aromatic heterocycles. The SMILES string of the molecule is Clc1cccc(Sc2nc3ccccc3s2)n1. The van der Waals surface area contributed by atoms with Crippen LogP contribution < -0.4 is 0 Å². The number of nitrogens with zero attached hydrogens (tertiary/aromatic N) is 2. The summed E-state index contributed by atoms with van der Waals surface area (Å²) in [5, 5.41) is 1.38. The summed E-state index contributed by atoms with van der Waals surface area (Å²) >= 11 is 9.05. The van der Waals surface area contributed by atoms with Crippen molar-refractivity contribution in [3.63, 3.8) is 0 Å². The van der Waals surface area contributed by atoms with E-state index in [-0.39, 0.29) is 0 Å². The summed E-state index contributed by atoms with van der Waals surface area (Å²) in [6, 6.07) is 13.7. The Balaban J connectivity index is 1.94. The first kappa shape index (κ1) is 11.0. The third-order valence-corrected chi connectivity index (χ3v) is 4.40. The van der Waals surface area contributed by atoms with Crippen LogP contribution in [0.1, 0.15) is 0 Å². The van der Waals surface area contributed by atoms with E-state index in [0.717, 1.165) is 14.9 Å². The number of hydrogen-bond donors (Lipinski definition) is 0. The molecule has 0 aliphatic rings. The Hall–Kier alpha value is -1.10. The van der Waals surface area contributed by atoms with Gasteiger partial charge in [-0.1, -0.05) is 29.8 Å². The Kier molecular flexibility index (Phi) is 3.01. The van der Waals surface area contributed by atoms with Crippen LogP contribution in [0.4, 0.5) is 0 Å². The van der Waals surface area contributed by atoms with Gasteiger partial charge >= 0.3 is 0 Å². The van der Waals surface area contributed by atoms with Gasteiger partial charge in [0.05, 0.1) is 10.2 Å². The molecule has 0 aliphatic heterocycles. The highest BCUT2D eigenvalue weighted by Gasteiger charge is 2.06. The number of pyridine rings is 1. The van der Waals surface area contributed by atoms with E-state index < -0.39 is 0 Å². The van der Waals surface area contributed by atoms with E-state index in [1.165, 1.54) is 16.5 Å². The molecule has 0 N–H and O–H groups in total. The molecule has 0 amide bonds. The molecule has 0 aliphatic carbocycles. The molecular formula is C12H7ClN2S2. The number of thiazole rings is 1. The molecule has 0 unspecified atom stereocenters. The quantitative estimate of drug-likeness (QED) is 0.646. The van der Waals surface area contributed by atoms with Crippen LogP contribution >= 0.6 is 34.7 Å². The smallest absolute Gasteiger partial charge is 0.157 e. The van der Waals surface area contributed by atoms with Gasteiger partial charge in [0, 0.05) is 0 Å². The average molecular weight is 279 g/mol. The van der Waals surface area contributed by atoms with Gasteiger partial charge in [0.15, 0.2) is 4.34 Å². The lowest BCUT2D eigenvalue weighted by atomic mass is 10.3. The van der Waals surface area contributed by atoms with Crippen molar-refractivity contribution in [3.05, 3.63) is 47.6 Å². The zero-order valence-electron chi connectivity index (χ0n) is 8.63. The molecular weight excluding hydrogens is 272 g/mol. The van der Waals surface area contributed by atoms with Crippen LogP contribution in [0.5, 0.6) is 0 Å². The first-order valence-corrected chi connectivity index (χ1v) is 6.98. The van der Waals surface area contributed by atoms with Gasteiger partial charge in [-0.2, -0.15) is 0 Å². The zero-order valence-corrected chi connectivity index (χ0v) is 11.0. The average Bonchev–Trinajstić information content (AvgIpc) is 2.71. The molecule has 1 aromatic carbocycles. The number of halogens is 1. The summed E-state index contributed by atoms with van der Waals surface area (Å²) < 4.78 is 2.18. The lowest BCUT2D eigenvalue weighted by molar-refractivity contribution is 1.13. The van der Waals surface area contributed by atoms with Crippen LogP contribution in [0.3, 0.4) is 0 Å². The van der Waals surface area contributed by atoms with E-state index in [9.17, 15) is 0 Å².